The molecule has 1 heterocycles. The van der Waals surface area contributed by atoms with E-state index < -0.39 is 28.5 Å². The van der Waals surface area contributed by atoms with Gasteiger partial charge in [0.25, 0.3) is 0 Å². The van der Waals surface area contributed by atoms with Crippen molar-refractivity contribution < 1.29 is 23.2 Å². The molecule has 0 saturated carbocycles. The third-order valence-corrected chi connectivity index (χ3v) is 3.25. The van der Waals surface area contributed by atoms with Gasteiger partial charge in [0.15, 0.2) is 17.5 Å². The Balaban J connectivity index is 1.91. The number of hydrogen-bond acceptors (Lipinski definition) is 5. The van der Waals surface area contributed by atoms with E-state index in [-0.39, 0.29) is 30.9 Å². The predicted molar refractivity (Wildman–Crippen MR) is 77.5 cm³/mol. The van der Waals surface area contributed by atoms with Crippen LogP contribution in [0.5, 0.6) is 0 Å². The van der Waals surface area contributed by atoms with Crippen LogP contribution < -0.4 is 0 Å². The van der Waals surface area contributed by atoms with Crippen molar-refractivity contribution in [3.63, 3.8) is 0 Å². The summed E-state index contributed by atoms with van der Waals surface area (Å²) in [5, 5.41) is 24.3. The standard InChI is InChI=1S/C14H15F3N4O3/c1-19(5-9-2-12(15)14(17)13(16)3-9)7-11(22)8-20-6-10(4-18-20)21(23)24/h2-4,6,11,22H,5,7-8H2,1H3. The van der Waals surface area contributed by atoms with Crippen LogP contribution in [0.3, 0.4) is 0 Å². The zero-order valence-corrected chi connectivity index (χ0v) is 12.7. The Bertz CT molecular complexity index is 715. The fraction of sp³-hybridized carbons (Fsp3) is 0.357. The van der Waals surface area contributed by atoms with Gasteiger partial charge < -0.3 is 5.11 Å². The maximum absolute atomic E-state index is 13.2. The van der Waals surface area contributed by atoms with E-state index in [0.717, 1.165) is 18.3 Å². The number of aliphatic hydroxyl groups is 1. The molecule has 1 N–H and O–H groups in total. The molecule has 10 heteroatoms. The summed E-state index contributed by atoms with van der Waals surface area (Å²) >= 11 is 0. The van der Waals surface area contributed by atoms with E-state index in [1.165, 1.54) is 10.9 Å². The van der Waals surface area contributed by atoms with Gasteiger partial charge in [-0.1, -0.05) is 0 Å². The van der Waals surface area contributed by atoms with Gasteiger partial charge in [-0.05, 0) is 24.7 Å². The average molecular weight is 344 g/mol. The summed E-state index contributed by atoms with van der Waals surface area (Å²) in [6, 6.07) is 1.77. The molecule has 0 aliphatic rings. The molecule has 0 radical (unpaired) electrons. The third-order valence-electron chi connectivity index (χ3n) is 3.25. The second-order valence-electron chi connectivity index (χ2n) is 5.40. The molecule has 0 bridgehead atoms. The number of aromatic nitrogens is 2. The smallest absolute Gasteiger partial charge is 0.306 e. The van der Waals surface area contributed by atoms with Gasteiger partial charge in [-0.3, -0.25) is 19.7 Å². The highest BCUT2D eigenvalue weighted by Crippen LogP contribution is 2.15. The maximum atomic E-state index is 13.2. The number of benzene rings is 1. The molecule has 1 aromatic heterocycles. The number of hydrogen-bond donors (Lipinski definition) is 1. The second kappa shape index (κ2) is 7.41. The minimum Gasteiger partial charge on any atom is -0.390 e. The van der Waals surface area contributed by atoms with Gasteiger partial charge in [0.2, 0.25) is 0 Å². The summed E-state index contributed by atoms with van der Waals surface area (Å²) < 4.78 is 40.4. The van der Waals surface area contributed by atoms with Crippen molar-refractivity contribution in [3.05, 3.63) is 57.7 Å². The first-order valence-corrected chi connectivity index (χ1v) is 6.93. The number of halogens is 3. The minimum atomic E-state index is -1.53. The normalized spacial score (nSPS) is 12.6. The van der Waals surface area contributed by atoms with Gasteiger partial charge in [0.05, 0.1) is 17.6 Å². The Hall–Kier alpha value is -2.46. The SMILES string of the molecule is CN(Cc1cc(F)c(F)c(F)c1)CC(O)Cn1cc([N+](=O)[O-])cn1. The van der Waals surface area contributed by atoms with Crippen molar-refractivity contribution in [1.82, 2.24) is 14.7 Å². The number of nitro groups is 1. The Labute approximate surface area is 135 Å². The third kappa shape index (κ3) is 4.52. The molecule has 1 unspecified atom stereocenters. The molecule has 130 valence electrons. The maximum Gasteiger partial charge on any atom is 0.306 e. The first kappa shape index (κ1) is 17.9. The van der Waals surface area contributed by atoms with E-state index in [1.54, 1.807) is 11.9 Å². The summed E-state index contributed by atoms with van der Waals surface area (Å²) in [5.41, 5.74) is 0.0312. The first-order valence-electron chi connectivity index (χ1n) is 6.93. The van der Waals surface area contributed by atoms with E-state index >= 15 is 0 Å². The van der Waals surface area contributed by atoms with Gasteiger partial charge in [-0.15, -0.1) is 0 Å². The Kier molecular flexibility index (Phi) is 5.52. The molecule has 1 atom stereocenters. The molecule has 0 aliphatic heterocycles. The molecule has 1 aromatic carbocycles. The number of rotatable bonds is 7. The summed E-state index contributed by atoms with van der Waals surface area (Å²) in [6.07, 6.45) is 1.35. The van der Waals surface area contributed by atoms with Crippen LogP contribution in [0.2, 0.25) is 0 Å². The largest absolute Gasteiger partial charge is 0.390 e. The predicted octanol–water partition coefficient (Wildman–Crippen LogP) is 1.70. The topological polar surface area (TPSA) is 84.4 Å². The molecule has 2 rings (SSSR count). The Morgan fingerprint density at radius 2 is 2.00 bits per heavy atom. The van der Waals surface area contributed by atoms with Crippen LogP contribution in [-0.4, -0.2) is 44.4 Å². The van der Waals surface area contributed by atoms with E-state index in [2.05, 4.69) is 5.10 Å². The van der Waals surface area contributed by atoms with Crippen LogP contribution in [0.25, 0.3) is 0 Å². The average Bonchev–Trinajstić information content (AvgIpc) is 2.92. The van der Waals surface area contributed by atoms with E-state index in [0.29, 0.717) is 0 Å². The lowest BCUT2D eigenvalue weighted by Gasteiger charge is -2.20. The first-order chi connectivity index (χ1) is 11.3. The Morgan fingerprint density at radius 3 is 2.54 bits per heavy atom. The van der Waals surface area contributed by atoms with Crippen molar-refractivity contribution >= 4 is 5.69 Å². The summed E-state index contributed by atoms with van der Waals surface area (Å²) in [4.78, 5) is 11.5. The number of likely N-dealkylation sites (N-methyl/N-ethyl adjacent to an activating group) is 1. The van der Waals surface area contributed by atoms with Gasteiger partial charge in [-0.2, -0.15) is 5.10 Å². The van der Waals surface area contributed by atoms with Crippen LogP contribution in [0, 0.1) is 27.6 Å². The highest BCUT2D eigenvalue weighted by Gasteiger charge is 2.15. The monoisotopic (exact) mass is 344 g/mol. The summed E-state index contributed by atoms with van der Waals surface area (Å²) in [5.74, 6) is -4.08. The molecular formula is C14H15F3N4O3. The lowest BCUT2D eigenvalue weighted by Crippen LogP contribution is -2.32. The van der Waals surface area contributed by atoms with Crippen molar-refractivity contribution in [3.8, 4) is 0 Å². The van der Waals surface area contributed by atoms with E-state index in [9.17, 15) is 28.4 Å². The van der Waals surface area contributed by atoms with Crippen molar-refractivity contribution in [1.29, 1.82) is 0 Å². The fourth-order valence-electron chi connectivity index (χ4n) is 2.26. The molecule has 2 aromatic rings. The van der Waals surface area contributed by atoms with Crippen LogP contribution >= 0.6 is 0 Å². The zero-order valence-electron chi connectivity index (χ0n) is 12.7. The van der Waals surface area contributed by atoms with Gasteiger partial charge in [0, 0.05) is 13.1 Å². The van der Waals surface area contributed by atoms with E-state index in [4.69, 9.17) is 0 Å². The van der Waals surface area contributed by atoms with Gasteiger partial charge in [0.1, 0.15) is 12.4 Å². The quantitative estimate of drug-likeness (QED) is 0.469. The number of nitrogens with zero attached hydrogens (tertiary/aromatic N) is 4. The molecule has 0 aliphatic carbocycles. The van der Waals surface area contributed by atoms with Crippen molar-refractivity contribution in [2.45, 2.75) is 19.2 Å². The molecule has 24 heavy (non-hydrogen) atoms. The molecular weight excluding hydrogens is 329 g/mol. The molecule has 0 amide bonds. The molecule has 7 nitrogen and oxygen atoms in total. The lowest BCUT2D eigenvalue weighted by atomic mass is 10.2. The van der Waals surface area contributed by atoms with Crippen LogP contribution in [0.1, 0.15) is 5.56 Å². The van der Waals surface area contributed by atoms with Crippen LogP contribution in [0.15, 0.2) is 24.5 Å². The van der Waals surface area contributed by atoms with Crippen LogP contribution in [-0.2, 0) is 13.1 Å². The van der Waals surface area contributed by atoms with Crippen molar-refractivity contribution in [2.75, 3.05) is 13.6 Å². The fourth-order valence-corrected chi connectivity index (χ4v) is 2.26. The summed E-state index contributed by atoms with van der Waals surface area (Å²) in [7, 11) is 1.61. The zero-order chi connectivity index (χ0) is 17.9. The van der Waals surface area contributed by atoms with Crippen LogP contribution in [0.4, 0.5) is 18.9 Å². The second-order valence-corrected chi connectivity index (χ2v) is 5.40. The highest BCUT2D eigenvalue weighted by atomic mass is 19.2. The van der Waals surface area contributed by atoms with Gasteiger partial charge in [-0.25, -0.2) is 13.2 Å². The summed E-state index contributed by atoms with van der Waals surface area (Å²) in [6.45, 7) is 0.225. The molecule has 0 spiro atoms. The van der Waals surface area contributed by atoms with Crippen molar-refractivity contribution in [2.24, 2.45) is 0 Å². The molecule has 0 fully saturated rings. The molecule has 0 saturated heterocycles. The van der Waals surface area contributed by atoms with Gasteiger partial charge >= 0.3 is 5.69 Å². The van der Waals surface area contributed by atoms with E-state index in [1.807, 2.05) is 0 Å². The number of aliphatic hydroxyl groups excluding tert-OH is 1. The minimum absolute atomic E-state index is 0.0182. The highest BCUT2D eigenvalue weighted by molar-refractivity contribution is 5.21. The Morgan fingerprint density at radius 1 is 1.38 bits per heavy atom. The lowest BCUT2D eigenvalue weighted by molar-refractivity contribution is -0.385.